The fourth-order valence-corrected chi connectivity index (χ4v) is 2.49. The number of carbonyl (C=O) groups excluding carboxylic acids is 1. The fraction of sp³-hybridized carbons (Fsp3) is 0.211. The predicted octanol–water partition coefficient (Wildman–Crippen LogP) is 3.17. The summed E-state index contributed by atoms with van der Waals surface area (Å²) in [6, 6.07) is 11.9. The summed E-state index contributed by atoms with van der Waals surface area (Å²) < 4.78 is 12.1. The number of hydrogen-bond acceptors (Lipinski definition) is 5. The fourth-order valence-electron chi connectivity index (χ4n) is 2.33. The average molecular weight is 373 g/mol. The SMILES string of the molecule is Cc1ccc(OC(C)C(=O)OCc2cc(=O)n3cc(Cl)ccc3n2)cc1. The topological polar surface area (TPSA) is 69.9 Å². The van der Waals surface area contributed by atoms with Crippen molar-refractivity contribution in [3.05, 3.63) is 75.3 Å². The molecule has 134 valence electrons. The van der Waals surface area contributed by atoms with E-state index in [0.29, 0.717) is 22.1 Å². The van der Waals surface area contributed by atoms with Gasteiger partial charge < -0.3 is 9.47 Å². The molecule has 3 rings (SSSR count). The second kappa shape index (κ2) is 7.58. The van der Waals surface area contributed by atoms with Crippen LogP contribution in [-0.4, -0.2) is 21.5 Å². The third-order valence-electron chi connectivity index (χ3n) is 3.70. The standard InChI is InChI=1S/C19H17ClN2O4/c1-12-3-6-16(7-4-12)26-13(2)19(24)25-11-15-9-18(23)22-10-14(20)5-8-17(22)21-15/h3-10,13H,11H2,1-2H3. The van der Waals surface area contributed by atoms with Crippen LogP contribution < -0.4 is 10.3 Å². The molecule has 2 aromatic heterocycles. The Hall–Kier alpha value is -2.86. The molecule has 7 heteroatoms. The Morgan fingerprint density at radius 2 is 1.96 bits per heavy atom. The molecule has 0 radical (unpaired) electrons. The molecule has 0 amide bonds. The summed E-state index contributed by atoms with van der Waals surface area (Å²) in [6.45, 7) is 3.45. The Morgan fingerprint density at radius 3 is 2.69 bits per heavy atom. The monoisotopic (exact) mass is 372 g/mol. The summed E-state index contributed by atoms with van der Waals surface area (Å²) in [5.41, 5.74) is 1.58. The molecule has 0 aliphatic rings. The number of ether oxygens (including phenoxy) is 2. The zero-order valence-corrected chi connectivity index (χ0v) is 15.1. The second-order valence-electron chi connectivity index (χ2n) is 5.84. The van der Waals surface area contributed by atoms with Crippen LogP contribution in [-0.2, 0) is 16.1 Å². The van der Waals surface area contributed by atoms with E-state index in [1.54, 1.807) is 31.2 Å². The van der Waals surface area contributed by atoms with Gasteiger partial charge in [-0.2, -0.15) is 0 Å². The van der Waals surface area contributed by atoms with E-state index in [1.165, 1.54) is 16.7 Å². The van der Waals surface area contributed by atoms with E-state index in [0.717, 1.165) is 5.56 Å². The molecular weight excluding hydrogens is 356 g/mol. The lowest BCUT2D eigenvalue weighted by Crippen LogP contribution is -2.26. The number of fused-ring (bicyclic) bond motifs is 1. The van der Waals surface area contributed by atoms with Gasteiger partial charge in [-0.05, 0) is 38.1 Å². The molecule has 0 spiro atoms. The maximum absolute atomic E-state index is 12.1. The van der Waals surface area contributed by atoms with Crippen LogP contribution in [0.1, 0.15) is 18.2 Å². The van der Waals surface area contributed by atoms with Crippen molar-refractivity contribution < 1.29 is 14.3 Å². The van der Waals surface area contributed by atoms with Crippen molar-refractivity contribution in [3.63, 3.8) is 0 Å². The molecule has 26 heavy (non-hydrogen) atoms. The van der Waals surface area contributed by atoms with Crippen molar-refractivity contribution in [1.82, 2.24) is 9.38 Å². The van der Waals surface area contributed by atoms with Crippen molar-refractivity contribution in [2.24, 2.45) is 0 Å². The lowest BCUT2D eigenvalue weighted by Gasteiger charge is -2.14. The Labute approximate surface area is 155 Å². The highest BCUT2D eigenvalue weighted by molar-refractivity contribution is 6.30. The van der Waals surface area contributed by atoms with Crippen LogP contribution >= 0.6 is 11.6 Å². The third-order valence-corrected chi connectivity index (χ3v) is 3.93. The number of hydrogen-bond donors (Lipinski definition) is 0. The van der Waals surface area contributed by atoms with Crippen LogP contribution in [0, 0.1) is 6.92 Å². The summed E-state index contributed by atoms with van der Waals surface area (Å²) in [4.78, 5) is 28.5. The van der Waals surface area contributed by atoms with Crippen molar-refractivity contribution in [2.45, 2.75) is 26.6 Å². The van der Waals surface area contributed by atoms with Crippen LogP contribution in [0.5, 0.6) is 5.75 Å². The lowest BCUT2D eigenvalue weighted by molar-refractivity contribution is -0.152. The normalized spacial score (nSPS) is 12.0. The van der Waals surface area contributed by atoms with Crippen molar-refractivity contribution in [1.29, 1.82) is 0 Å². The number of rotatable bonds is 5. The third kappa shape index (κ3) is 4.21. The Balaban J connectivity index is 1.65. The predicted molar refractivity (Wildman–Crippen MR) is 97.5 cm³/mol. The highest BCUT2D eigenvalue weighted by atomic mass is 35.5. The van der Waals surface area contributed by atoms with Crippen LogP contribution in [0.4, 0.5) is 0 Å². The first-order chi connectivity index (χ1) is 12.4. The first-order valence-corrected chi connectivity index (χ1v) is 8.38. The van der Waals surface area contributed by atoms with Gasteiger partial charge in [0.15, 0.2) is 6.10 Å². The molecule has 0 aliphatic carbocycles. The molecule has 0 bridgehead atoms. The van der Waals surface area contributed by atoms with Crippen LogP contribution in [0.3, 0.4) is 0 Å². The second-order valence-corrected chi connectivity index (χ2v) is 6.28. The largest absolute Gasteiger partial charge is 0.479 e. The summed E-state index contributed by atoms with van der Waals surface area (Å²) in [6.07, 6.45) is 0.706. The van der Waals surface area contributed by atoms with Gasteiger partial charge in [0.05, 0.1) is 10.7 Å². The molecule has 0 N–H and O–H groups in total. The van der Waals surface area contributed by atoms with Crippen LogP contribution in [0.15, 0.2) is 53.5 Å². The van der Waals surface area contributed by atoms with E-state index < -0.39 is 12.1 Å². The number of aryl methyl sites for hydroxylation is 1. The zero-order valence-electron chi connectivity index (χ0n) is 14.3. The molecule has 1 unspecified atom stereocenters. The number of pyridine rings is 1. The first kappa shape index (κ1) is 17.9. The van der Waals surface area contributed by atoms with E-state index >= 15 is 0 Å². The number of esters is 1. The number of aromatic nitrogens is 2. The van der Waals surface area contributed by atoms with Gasteiger partial charge in [-0.1, -0.05) is 29.3 Å². The number of benzene rings is 1. The molecule has 0 fully saturated rings. The molecule has 3 aromatic rings. The van der Waals surface area contributed by atoms with E-state index in [9.17, 15) is 9.59 Å². The van der Waals surface area contributed by atoms with Crippen LogP contribution in [0.2, 0.25) is 5.02 Å². The minimum Gasteiger partial charge on any atom is -0.479 e. The molecule has 6 nitrogen and oxygen atoms in total. The van der Waals surface area contributed by atoms with Gasteiger partial charge in [0.25, 0.3) is 5.56 Å². The van der Waals surface area contributed by atoms with Crippen LogP contribution in [0.25, 0.3) is 5.65 Å². The molecule has 1 aromatic carbocycles. The molecule has 0 saturated carbocycles. The minimum atomic E-state index is -0.780. The maximum atomic E-state index is 12.1. The number of carbonyl (C=O) groups is 1. The van der Waals surface area contributed by atoms with Crippen molar-refractivity contribution in [3.8, 4) is 5.75 Å². The minimum absolute atomic E-state index is 0.116. The Morgan fingerprint density at radius 1 is 1.23 bits per heavy atom. The summed E-state index contributed by atoms with van der Waals surface area (Å²) >= 11 is 5.87. The van der Waals surface area contributed by atoms with E-state index in [-0.39, 0.29) is 12.2 Å². The van der Waals surface area contributed by atoms with Gasteiger partial charge >= 0.3 is 5.97 Å². The molecule has 0 aliphatic heterocycles. The molecule has 1 atom stereocenters. The summed E-state index contributed by atoms with van der Waals surface area (Å²) in [7, 11) is 0. The van der Waals surface area contributed by atoms with Gasteiger partial charge in [-0.3, -0.25) is 9.20 Å². The highest BCUT2D eigenvalue weighted by Crippen LogP contribution is 2.14. The summed E-state index contributed by atoms with van der Waals surface area (Å²) in [5.74, 6) is 0.0442. The summed E-state index contributed by atoms with van der Waals surface area (Å²) in [5, 5.41) is 0.433. The Kier molecular flexibility index (Phi) is 5.23. The smallest absolute Gasteiger partial charge is 0.347 e. The maximum Gasteiger partial charge on any atom is 0.347 e. The van der Waals surface area contributed by atoms with Gasteiger partial charge in [-0.15, -0.1) is 0 Å². The Bertz CT molecular complexity index is 999. The van der Waals surface area contributed by atoms with E-state index in [1.807, 2.05) is 19.1 Å². The van der Waals surface area contributed by atoms with Gasteiger partial charge in [-0.25, -0.2) is 9.78 Å². The van der Waals surface area contributed by atoms with Gasteiger partial charge in [0, 0.05) is 12.3 Å². The lowest BCUT2D eigenvalue weighted by atomic mass is 10.2. The van der Waals surface area contributed by atoms with Crippen molar-refractivity contribution in [2.75, 3.05) is 0 Å². The van der Waals surface area contributed by atoms with Gasteiger partial charge in [0.1, 0.15) is 18.0 Å². The molecular formula is C19H17ClN2O4. The quantitative estimate of drug-likeness (QED) is 0.643. The van der Waals surface area contributed by atoms with Gasteiger partial charge in [0.2, 0.25) is 0 Å². The average Bonchev–Trinajstić information content (AvgIpc) is 2.62. The highest BCUT2D eigenvalue weighted by Gasteiger charge is 2.17. The number of nitrogens with zero attached hydrogens (tertiary/aromatic N) is 2. The number of halogens is 1. The zero-order chi connectivity index (χ0) is 18.7. The first-order valence-electron chi connectivity index (χ1n) is 8.00. The van der Waals surface area contributed by atoms with E-state index in [4.69, 9.17) is 21.1 Å². The molecule has 0 saturated heterocycles. The van der Waals surface area contributed by atoms with E-state index in [2.05, 4.69) is 4.98 Å². The molecule has 2 heterocycles. The van der Waals surface area contributed by atoms with Crippen molar-refractivity contribution >= 4 is 23.2 Å².